The quantitative estimate of drug-likeness (QED) is 0.505. The molecular weight excluding hydrogens is 360 g/mol. The molecule has 0 saturated carbocycles. The molecule has 1 aliphatic carbocycles. The summed E-state index contributed by atoms with van der Waals surface area (Å²) < 4.78 is 0. The van der Waals surface area contributed by atoms with Crippen LogP contribution < -0.4 is 5.19 Å². The van der Waals surface area contributed by atoms with E-state index in [4.69, 9.17) is 0 Å². The molecule has 3 rings (SSSR count). The van der Waals surface area contributed by atoms with E-state index < -0.39 is 8.07 Å². The lowest BCUT2D eigenvalue weighted by Gasteiger charge is -2.39. The first-order valence-corrected chi connectivity index (χ1v) is 13.6. The highest BCUT2D eigenvalue weighted by molar-refractivity contribution is 6.89. The summed E-state index contributed by atoms with van der Waals surface area (Å²) in [6.07, 6.45) is 0. The second-order valence-corrected chi connectivity index (χ2v) is 16.1. The summed E-state index contributed by atoms with van der Waals surface area (Å²) in [5.74, 6) is -0.0292. The summed E-state index contributed by atoms with van der Waals surface area (Å²) in [6.45, 7) is 20.1. The minimum atomic E-state index is -1.76. The Hall–Kier alpha value is -2.00. The van der Waals surface area contributed by atoms with Gasteiger partial charge < -0.3 is 0 Å². The van der Waals surface area contributed by atoms with E-state index in [1.807, 2.05) is 12.1 Å². The van der Waals surface area contributed by atoms with Crippen molar-refractivity contribution in [3.8, 4) is 0 Å². The zero-order valence-electron chi connectivity index (χ0n) is 18.7. The van der Waals surface area contributed by atoms with E-state index in [-0.39, 0.29) is 22.4 Å². The van der Waals surface area contributed by atoms with Gasteiger partial charge in [0.15, 0.2) is 11.6 Å². The van der Waals surface area contributed by atoms with Gasteiger partial charge in [0.2, 0.25) is 0 Å². The van der Waals surface area contributed by atoms with Gasteiger partial charge in [-0.1, -0.05) is 96.7 Å². The highest BCUT2D eigenvalue weighted by Crippen LogP contribution is 2.41. The van der Waals surface area contributed by atoms with Crippen molar-refractivity contribution in [3.63, 3.8) is 0 Å². The minimum absolute atomic E-state index is 0.0113. The Balaban J connectivity index is 2.56. The van der Waals surface area contributed by atoms with E-state index >= 15 is 0 Å². The van der Waals surface area contributed by atoms with Crippen LogP contribution in [0.15, 0.2) is 30.3 Å². The van der Waals surface area contributed by atoms with Gasteiger partial charge in [0.1, 0.15) is 0 Å². The Kier molecular flexibility index (Phi) is 4.62. The van der Waals surface area contributed by atoms with Gasteiger partial charge in [-0.15, -0.1) is 0 Å². The molecule has 0 amide bonds. The summed E-state index contributed by atoms with van der Waals surface area (Å²) in [5, 5.41) is 1.30. The van der Waals surface area contributed by atoms with Gasteiger partial charge in [-0.3, -0.25) is 9.59 Å². The molecule has 0 heterocycles. The predicted octanol–water partition coefficient (Wildman–Crippen LogP) is 5.60. The SMILES string of the molecule is CC(C)(C)c1c([Si](C)(C)C)cc2c(c1C(C)(C)C)C(=O)c1ccccc1C2=O. The maximum absolute atomic E-state index is 13.6. The molecule has 0 N–H and O–H groups in total. The van der Waals surface area contributed by atoms with Crippen molar-refractivity contribution in [2.75, 3.05) is 0 Å². The number of fused-ring (bicyclic) bond motifs is 2. The fourth-order valence-corrected chi connectivity index (χ4v) is 6.20. The average Bonchev–Trinajstić information content (AvgIpc) is 2.55. The van der Waals surface area contributed by atoms with Crippen molar-refractivity contribution in [1.29, 1.82) is 0 Å². The third-order valence-electron chi connectivity index (χ3n) is 5.52. The highest BCUT2D eigenvalue weighted by atomic mass is 28.3. The number of carbonyl (C=O) groups excluding carboxylic acids is 2. The van der Waals surface area contributed by atoms with Crippen molar-refractivity contribution in [1.82, 2.24) is 0 Å². The van der Waals surface area contributed by atoms with Gasteiger partial charge in [-0.05, 0) is 22.0 Å². The van der Waals surface area contributed by atoms with Crippen LogP contribution in [0.2, 0.25) is 19.6 Å². The lowest BCUT2D eigenvalue weighted by molar-refractivity contribution is 0.0977. The molecule has 2 aromatic carbocycles. The highest BCUT2D eigenvalue weighted by Gasteiger charge is 2.41. The summed E-state index contributed by atoms with van der Waals surface area (Å²) in [6, 6.07) is 9.30. The van der Waals surface area contributed by atoms with Gasteiger partial charge in [0, 0.05) is 22.3 Å². The molecule has 148 valence electrons. The zero-order valence-corrected chi connectivity index (χ0v) is 19.7. The van der Waals surface area contributed by atoms with Gasteiger partial charge >= 0.3 is 0 Å². The molecule has 1 aliphatic rings. The Morgan fingerprint density at radius 3 is 1.57 bits per heavy atom. The fourth-order valence-electron chi connectivity index (χ4n) is 4.38. The van der Waals surface area contributed by atoms with Crippen LogP contribution in [0.5, 0.6) is 0 Å². The van der Waals surface area contributed by atoms with Crippen LogP contribution in [0.1, 0.15) is 84.5 Å². The van der Waals surface area contributed by atoms with Crippen molar-refractivity contribution in [2.45, 2.75) is 72.0 Å². The third-order valence-corrected chi connectivity index (χ3v) is 7.53. The van der Waals surface area contributed by atoms with Gasteiger partial charge in [0.25, 0.3) is 0 Å². The maximum atomic E-state index is 13.6. The van der Waals surface area contributed by atoms with Gasteiger partial charge in [0.05, 0.1) is 8.07 Å². The molecule has 2 aromatic rings. The molecule has 0 fully saturated rings. The van der Waals surface area contributed by atoms with E-state index in [0.29, 0.717) is 22.3 Å². The average molecular weight is 393 g/mol. The molecular formula is C25H32O2Si. The lowest BCUT2D eigenvalue weighted by atomic mass is 9.69. The number of ketones is 2. The van der Waals surface area contributed by atoms with Crippen LogP contribution >= 0.6 is 0 Å². The normalized spacial score (nSPS) is 14.8. The van der Waals surface area contributed by atoms with E-state index in [1.165, 1.54) is 10.8 Å². The van der Waals surface area contributed by atoms with Crippen LogP contribution in [-0.4, -0.2) is 19.6 Å². The van der Waals surface area contributed by atoms with E-state index in [2.05, 4.69) is 67.2 Å². The molecule has 0 aliphatic heterocycles. The zero-order chi connectivity index (χ0) is 21.2. The Morgan fingerprint density at radius 2 is 1.14 bits per heavy atom. The van der Waals surface area contributed by atoms with Gasteiger partial charge in [-0.2, -0.15) is 0 Å². The van der Waals surface area contributed by atoms with Crippen molar-refractivity contribution in [3.05, 3.63) is 63.7 Å². The predicted molar refractivity (Wildman–Crippen MR) is 120 cm³/mol. The molecule has 0 atom stereocenters. The first kappa shape index (κ1) is 20.7. The maximum Gasteiger partial charge on any atom is 0.194 e. The second kappa shape index (κ2) is 6.25. The molecule has 0 spiro atoms. The van der Waals surface area contributed by atoms with Crippen molar-refractivity contribution < 1.29 is 9.59 Å². The van der Waals surface area contributed by atoms with Crippen LogP contribution in [0.25, 0.3) is 0 Å². The first-order valence-electron chi connectivity index (χ1n) is 10.1. The van der Waals surface area contributed by atoms with Gasteiger partial charge in [-0.25, -0.2) is 0 Å². The number of carbonyl (C=O) groups is 2. The minimum Gasteiger partial charge on any atom is -0.289 e. The van der Waals surface area contributed by atoms with Crippen LogP contribution in [0.3, 0.4) is 0 Å². The Labute approximate surface area is 170 Å². The van der Waals surface area contributed by atoms with E-state index in [0.717, 1.165) is 5.56 Å². The van der Waals surface area contributed by atoms with Crippen molar-refractivity contribution in [2.24, 2.45) is 0 Å². The summed E-state index contributed by atoms with van der Waals surface area (Å²) in [4.78, 5) is 27.1. The van der Waals surface area contributed by atoms with E-state index in [1.54, 1.807) is 12.1 Å². The molecule has 0 unspecified atom stereocenters. The number of hydrogen-bond donors (Lipinski definition) is 0. The fraction of sp³-hybridized carbons (Fsp3) is 0.440. The first-order chi connectivity index (χ1) is 12.7. The number of benzene rings is 2. The Morgan fingerprint density at radius 1 is 0.679 bits per heavy atom. The molecule has 28 heavy (non-hydrogen) atoms. The molecule has 0 aromatic heterocycles. The molecule has 0 bridgehead atoms. The third kappa shape index (κ3) is 3.20. The Bertz CT molecular complexity index is 993. The summed E-state index contributed by atoms with van der Waals surface area (Å²) in [5.41, 5.74) is 4.25. The van der Waals surface area contributed by atoms with Crippen LogP contribution in [-0.2, 0) is 10.8 Å². The lowest BCUT2D eigenvalue weighted by Crippen LogP contribution is -2.47. The summed E-state index contributed by atoms with van der Waals surface area (Å²) in [7, 11) is -1.76. The smallest absolute Gasteiger partial charge is 0.194 e. The molecule has 2 nitrogen and oxygen atoms in total. The number of rotatable bonds is 1. The molecule has 0 radical (unpaired) electrons. The second-order valence-electron chi connectivity index (χ2n) is 11.1. The molecule has 3 heteroatoms. The summed E-state index contributed by atoms with van der Waals surface area (Å²) >= 11 is 0. The monoisotopic (exact) mass is 392 g/mol. The van der Waals surface area contributed by atoms with Crippen LogP contribution in [0, 0.1) is 0 Å². The van der Waals surface area contributed by atoms with E-state index in [9.17, 15) is 9.59 Å². The topological polar surface area (TPSA) is 34.1 Å². The largest absolute Gasteiger partial charge is 0.289 e. The van der Waals surface area contributed by atoms with Crippen LogP contribution in [0.4, 0.5) is 0 Å². The number of hydrogen-bond acceptors (Lipinski definition) is 2. The molecule has 0 saturated heterocycles. The van der Waals surface area contributed by atoms with Crippen molar-refractivity contribution >= 4 is 24.8 Å². The standard InChI is InChI=1S/C25H32O2Si/c1-24(2,3)20-18(28(7,8)9)14-17-19(21(20)25(4,5)6)23(27)16-13-11-10-12-15(16)22(17)26/h10-14H,1-9H3.